The van der Waals surface area contributed by atoms with Crippen LogP contribution in [0.25, 0.3) is 0 Å². The highest BCUT2D eigenvalue weighted by Crippen LogP contribution is 2.26. The third-order valence-corrected chi connectivity index (χ3v) is 4.20. The van der Waals surface area contributed by atoms with E-state index in [-0.39, 0.29) is 18.4 Å². The zero-order valence-electron chi connectivity index (χ0n) is 14.0. The largest absolute Gasteiger partial charge is 0.366 e. The summed E-state index contributed by atoms with van der Waals surface area (Å²) in [6.45, 7) is 3.99. The van der Waals surface area contributed by atoms with Gasteiger partial charge in [0.1, 0.15) is 0 Å². The van der Waals surface area contributed by atoms with Gasteiger partial charge in [0, 0.05) is 18.5 Å². The zero-order chi connectivity index (χ0) is 18.0. The molecule has 1 aliphatic rings. The number of nitrogens with one attached hydrogen (secondary N) is 1. The van der Waals surface area contributed by atoms with Crippen molar-refractivity contribution in [2.24, 2.45) is 0 Å². The molecule has 0 aromatic heterocycles. The average molecular weight is 338 g/mol. The van der Waals surface area contributed by atoms with Crippen LogP contribution in [0.2, 0.25) is 0 Å². The number of anilines is 2. The monoisotopic (exact) mass is 338 g/mol. The molecule has 3 rings (SSSR count). The van der Waals surface area contributed by atoms with Crippen LogP contribution in [0.4, 0.5) is 11.4 Å². The first-order valence-electron chi connectivity index (χ1n) is 7.97. The minimum atomic E-state index is -0.753. The Bertz CT molecular complexity index is 844. The lowest BCUT2D eigenvalue weighted by molar-refractivity contribution is -0.172. The van der Waals surface area contributed by atoms with Crippen LogP contribution < -0.4 is 5.32 Å². The molecular weight excluding hydrogens is 320 g/mol. The predicted octanol–water partition coefficient (Wildman–Crippen LogP) is 3.27. The summed E-state index contributed by atoms with van der Waals surface area (Å²) in [5.74, 6) is -1.76. The summed E-state index contributed by atoms with van der Waals surface area (Å²) < 4.78 is 0. The van der Waals surface area contributed by atoms with Crippen LogP contribution in [0.15, 0.2) is 42.5 Å². The maximum absolute atomic E-state index is 12.4. The van der Waals surface area contributed by atoms with Gasteiger partial charge in [0.2, 0.25) is 0 Å². The maximum Gasteiger partial charge on any atom is 0.366 e. The molecule has 1 N–H and O–H groups in total. The van der Waals surface area contributed by atoms with Gasteiger partial charge in [0.25, 0.3) is 11.8 Å². The molecular formula is C19H18N2O4. The smallest absolute Gasteiger partial charge is 0.355 e. The molecule has 1 saturated heterocycles. The van der Waals surface area contributed by atoms with Gasteiger partial charge in [-0.05, 0) is 43.2 Å². The van der Waals surface area contributed by atoms with Gasteiger partial charge < -0.3 is 10.2 Å². The molecule has 25 heavy (non-hydrogen) atoms. The van der Waals surface area contributed by atoms with Crippen LogP contribution in [0.1, 0.15) is 34.3 Å². The van der Waals surface area contributed by atoms with E-state index in [2.05, 4.69) is 5.32 Å². The highest BCUT2D eigenvalue weighted by molar-refractivity contribution is 6.04. The summed E-state index contributed by atoms with van der Waals surface area (Å²) in [5.41, 5.74) is 3.85. The second kappa shape index (κ2) is 6.76. The number of hydrogen-bond donors (Lipinski definition) is 1. The van der Waals surface area contributed by atoms with Crippen LogP contribution in [-0.4, -0.2) is 22.8 Å². The van der Waals surface area contributed by atoms with Crippen molar-refractivity contribution >= 4 is 29.2 Å². The van der Waals surface area contributed by atoms with E-state index in [1.54, 1.807) is 24.3 Å². The molecule has 6 nitrogen and oxygen atoms in total. The molecule has 0 atom stereocenters. The van der Waals surface area contributed by atoms with Crippen LogP contribution in [0, 0.1) is 13.8 Å². The zero-order valence-corrected chi connectivity index (χ0v) is 14.0. The molecule has 2 aromatic rings. The molecule has 6 heteroatoms. The Morgan fingerprint density at radius 3 is 2.32 bits per heavy atom. The van der Waals surface area contributed by atoms with Crippen molar-refractivity contribution in [3.63, 3.8) is 0 Å². The average Bonchev–Trinajstić information content (AvgIpc) is 2.91. The van der Waals surface area contributed by atoms with Crippen molar-refractivity contribution in [1.82, 2.24) is 5.06 Å². The van der Waals surface area contributed by atoms with Crippen LogP contribution in [0.5, 0.6) is 0 Å². The van der Waals surface area contributed by atoms with Crippen molar-refractivity contribution in [3.8, 4) is 0 Å². The summed E-state index contributed by atoms with van der Waals surface area (Å²) in [6, 6.07) is 12.7. The van der Waals surface area contributed by atoms with Gasteiger partial charge in [-0.1, -0.05) is 24.3 Å². The summed E-state index contributed by atoms with van der Waals surface area (Å²) >= 11 is 0. The normalized spacial score (nSPS) is 13.9. The number of aryl methyl sites for hydroxylation is 1. The van der Waals surface area contributed by atoms with Gasteiger partial charge in [0.05, 0.1) is 11.3 Å². The van der Waals surface area contributed by atoms with Gasteiger partial charge in [0.15, 0.2) is 0 Å². The van der Waals surface area contributed by atoms with E-state index < -0.39 is 17.8 Å². The quantitative estimate of drug-likeness (QED) is 0.866. The first-order chi connectivity index (χ1) is 12.0. The summed E-state index contributed by atoms with van der Waals surface area (Å²) in [4.78, 5) is 40.7. The van der Waals surface area contributed by atoms with E-state index in [9.17, 15) is 14.4 Å². The first-order valence-corrected chi connectivity index (χ1v) is 7.97. The Morgan fingerprint density at radius 1 is 0.960 bits per heavy atom. The molecule has 0 spiro atoms. The summed E-state index contributed by atoms with van der Waals surface area (Å²) in [6.07, 6.45) is 0.128. The van der Waals surface area contributed by atoms with E-state index >= 15 is 0 Å². The second-order valence-electron chi connectivity index (χ2n) is 5.88. The number of amides is 2. The number of imide groups is 1. The Morgan fingerprint density at radius 2 is 1.60 bits per heavy atom. The number of nitrogens with zero attached hydrogens (tertiary/aromatic N) is 1. The minimum Gasteiger partial charge on any atom is -0.355 e. The Kier molecular flexibility index (Phi) is 4.52. The van der Waals surface area contributed by atoms with Gasteiger partial charge in [-0.25, -0.2) is 4.79 Å². The Hall–Kier alpha value is -3.15. The molecule has 0 saturated carbocycles. The van der Waals surface area contributed by atoms with Crippen molar-refractivity contribution in [2.75, 3.05) is 5.32 Å². The fourth-order valence-electron chi connectivity index (χ4n) is 2.59. The van der Waals surface area contributed by atoms with E-state index in [1.807, 2.05) is 32.0 Å². The third-order valence-electron chi connectivity index (χ3n) is 4.20. The van der Waals surface area contributed by atoms with E-state index in [1.165, 1.54) is 0 Å². The first kappa shape index (κ1) is 16.7. The van der Waals surface area contributed by atoms with Crippen molar-refractivity contribution in [2.45, 2.75) is 26.7 Å². The molecule has 0 bridgehead atoms. The number of benzene rings is 2. The molecule has 2 amide bonds. The fourth-order valence-corrected chi connectivity index (χ4v) is 2.59. The summed E-state index contributed by atoms with van der Waals surface area (Å²) in [5, 5.41) is 3.77. The van der Waals surface area contributed by atoms with Gasteiger partial charge in [-0.3, -0.25) is 9.59 Å². The molecule has 1 fully saturated rings. The predicted molar refractivity (Wildman–Crippen MR) is 92.1 cm³/mol. The third kappa shape index (κ3) is 3.38. The molecule has 2 aromatic carbocycles. The highest BCUT2D eigenvalue weighted by Gasteiger charge is 2.33. The molecule has 128 valence electrons. The standard InChI is InChI=1S/C19H18N2O4/c1-12-6-5-9-15(13(12)2)20-16-8-4-3-7-14(16)19(24)25-21-17(22)10-11-18(21)23/h3-9,20H,10-11H2,1-2H3. The van der Waals surface area contributed by atoms with Gasteiger partial charge >= 0.3 is 5.97 Å². The lowest BCUT2D eigenvalue weighted by Gasteiger charge is -2.16. The number of carbonyl (C=O) groups is 3. The molecule has 0 unspecified atom stereocenters. The minimum absolute atomic E-state index is 0.0640. The van der Waals surface area contributed by atoms with E-state index in [4.69, 9.17) is 4.84 Å². The number of rotatable bonds is 4. The number of para-hydroxylation sites is 1. The maximum atomic E-state index is 12.4. The molecule has 1 aliphatic heterocycles. The van der Waals surface area contributed by atoms with Crippen molar-refractivity contribution in [1.29, 1.82) is 0 Å². The van der Waals surface area contributed by atoms with Crippen molar-refractivity contribution < 1.29 is 19.2 Å². The van der Waals surface area contributed by atoms with E-state index in [0.717, 1.165) is 16.8 Å². The van der Waals surface area contributed by atoms with E-state index in [0.29, 0.717) is 10.8 Å². The van der Waals surface area contributed by atoms with Crippen molar-refractivity contribution in [3.05, 3.63) is 59.2 Å². The summed E-state index contributed by atoms with van der Waals surface area (Å²) in [7, 11) is 0. The lowest BCUT2D eigenvalue weighted by atomic mass is 10.1. The topological polar surface area (TPSA) is 75.7 Å². The molecule has 0 aliphatic carbocycles. The Balaban J connectivity index is 1.85. The fraction of sp³-hybridized carbons (Fsp3) is 0.211. The number of hydroxylamine groups is 2. The number of hydrogen-bond acceptors (Lipinski definition) is 5. The Labute approximate surface area is 145 Å². The SMILES string of the molecule is Cc1cccc(Nc2ccccc2C(=O)ON2C(=O)CCC2=O)c1C. The van der Waals surface area contributed by atoms with Gasteiger partial charge in [-0.15, -0.1) is 5.06 Å². The van der Waals surface area contributed by atoms with Crippen LogP contribution >= 0.6 is 0 Å². The van der Waals surface area contributed by atoms with Gasteiger partial charge in [-0.2, -0.15) is 0 Å². The lowest BCUT2D eigenvalue weighted by Crippen LogP contribution is -2.32. The van der Waals surface area contributed by atoms with Crippen LogP contribution in [-0.2, 0) is 14.4 Å². The second-order valence-corrected chi connectivity index (χ2v) is 5.88. The molecule has 0 radical (unpaired) electrons. The number of carbonyl (C=O) groups excluding carboxylic acids is 3. The van der Waals surface area contributed by atoms with Crippen LogP contribution in [0.3, 0.4) is 0 Å². The highest BCUT2D eigenvalue weighted by atomic mass is 16.7. The molecule has 1 heterocycles.